The molecule has 0 bridgehead atoms. The molecular formula is C18H19ClN2O2. The van der Waals surface area contributed by atoms with Crippen molar-refractivity contribution in [3.63, 3.8) is 0 Å². The Hall–Kier alpha value is -1.91. The molecule has 3 rings (SSSR count). The van der Waals surface area contributed by atoms with Crippen molar-refractivity contribution in [2.45, 2.75) is 25.2 Å². The highest BCUT2D eigenvalue weighted by Gasteiger charge is 2.41. The van der Waals surface area contributed by atoms with Crippen LogP contribution in [0, 0.1) is 6.92 Å². The molecule has 0 unspecified atom stereocenters. The van der Waals surface area contributed by atoms with Crippen molar-refractivity contribution in [1.29, 1.82) is 0 Å². The molecule has 23 heavy (non-hydrogen) atoms. The molecule has 0 atom stereocenters. The molecule has 2 aromatic rings. The summed E-state index contributed by atoms with van der Waals surface area (Å²) in [6.07, 6.45) is 2.98. The second kappa shape index (κ2) is 6.69. The minimum atomic E-state index is -0.611. The normalized spacial score (nSPS) is 16.8. The summed E-state index contributed by atoms with van der Waals surface area (Å²) in [5.74, 6) is -0.0198. The number of halogens is 1. The van der Waals surface area contributed by atoms with Gasteiger partial charge in [-0.15, -0.1) is 0 Å². The molecule has 1 amide bonds. The van der Waals surface area contributed by atoms with E-state index >= 15 is 0 Å². The summed E-state index contributed by atoms with van der Waals surface area (Å²) >= 11 is 6.14. The third-order valence-electron chi connectivity index (χ3n) is 4.31. The Bertz CT molecular complexity index is 712. The van der Waals surface area contributed by atoms with E-state index in [0.717, 1.165) is 16.9 Å². The number of benzene rings is 1. The van der Waals surface area contributed by atoms with Gasteiger partial charge in [-0.2, -0.15) is 0 Å². The Morgan fingerprint density at radius 1 is 1.26 bits per heavy atom. The van der Waals surface area contributed by atoms with Crippen LogP contribution in [0.1, 0.15) is 24.1 Å². The highest BCUT2D eigenvalue weighted by Crippen LogP contribution is 2.37. The van der Waals surface area contributed by atoms with E-state index in [9.17, 15) is 4.79 Å². The van der Waals surface area contributed by atoms with Crippen LogP contribution in [-0.2, 0) is 14.9 Å². The first kappa shape index (κ1) is 16.0. The van der Waals surface area contributed by atoms with Gasteiger partial charge in [0.05, 0.1) is 5.41 Å². The first-order valence-electron chi connectivity index (χ1n) is 7.68. The molecular weight excluding hydrogens is 312 g/mol. The summed E-state index contributed by atoms with van der Waals surface area (Å²) < 4.78 is 5.47. The lowest BCUT2D eigenvalue weighted by atomic mass is 9.73. The Balaban J connectivity index is 1.94. The van der Waals surface area contributed by atoms with E-state index in [1.54, 1.807) is 12.3 Å². The number of hydrogen-bond donors (Lipinski definition) is 1. The quantitative estimate of drug-likeness (QED) is 0.933. The predicted molar refractivity (Wildman–Crippen MR) is 90.8 cm³/mol. The SMILES string of the molecule is Cc1cc(NC(=O)C2(c3cccc(Cl)c3)CCOCC2)ccn1. The fraction of sp³-hybridized carbons (Fsp3) is 0.333. The number of nitrogens with zero attached hydrogens (tertiary/aromatic N) is 1. The number of aryl methyl sites for hydroxylation is 1. The maximum atomic E-state index is 13.1. The molecule has 0 spiro atoms. The average molecular weight is 331 g/mol. The van der Waals surface area contributed by atoms with Crippen LogP contribution in [0.2, 0.25) is 5.02 Å². The molecule has 1 saturated heterocycles. The Morgan fingerprint density at radius 3 is 2.74 bits per heavy atom. The van der Waals surface area contributed by atoms with Gasteiger partial charge in [0.25, 0.3) is 0 Å². The molecule has 2 heterocycles. The van der Waals surface area contributed by atoms with Gasteiger partial charge in [0, 0.05) is 35.8 Å². The summed E-state index contributed by atoms with van der Waals surface area (Å²) in [7, 11) is 0. The zero-order chi connectivity index (χ0) is 16.3. The molecule has 0 aliphatic carbocycles. The lowest BCUT2D eigenvalue weighted by Gasteiger charge is -2.36. The van der Waals surface area contributed by atoms with Gasteiger partial charge < -0.3 is 10.1 Å². The topological polar surface area (TPSA) is 51.2 Å². The van der Waals surface area contributed by atoms with Crippen LogP contribution < -0.4 is 5.32 Å². The van der Waals surface area contributed by atoms with Crippen molar-refractivity contribution in [2.24, 2.45) is 0 Å². The van der Waals surface area contributed by atoms with Gasteiger partial charge in [-0.1, -0.05) is 23.7 Å². The predicted octanol–water partition coefficient (Wildman–Crippen LogP) is 3.73. The zero-order valence-corrected chi connectivity index (χ0v) is 13.8. The van der Waals surface area contributed by atoms with Gasteiger partial charge in [-0.05, 0) is 49.6 Å². The average Bonchev–Trinajstić information content (AvgIpc) is 2.55. The van der Waals surface area contributed by atoms with Crippen LogP contribution in [0.25, 0.3) is 0 Å². The number of carbonyl (C=O) groups excluding carboxylic acids is 1. The van der Waals surface area contributed by atoms with Crippen molar-refractivity contribution in [3.8, 4) is 0 Å². The van der Waals surface area contributed by atoms with Crippen LogP contribution in [0.15, 0.2) is 42.6 Å². The van der Waals surface area contributed by atoms with Crippen LogP contribution in [0.4, 0.5) is 5.69 Å². The summed E-state index contributed by atoms with van der Waals surface area (Å²) in [6.45, 7) is 3.03. The molecule has 120 valence electrons. The summed E-state index contributed by atoms with van der Waals surface area (Å²) in [5.41, 5.74) is 1.96. The fourth-order valence-corrected chi connectivity index (χ4v) is 3.22. The number of carbonyl (C=O) groups is 1. The van der Waals surface area contributed by atoms with Gasteiger partial charge in [0.2, 0.25) is 5.91 Å². The summed E-state index contributed by atoms with van der Waals surface area (Å²) in [5, 5.41) is 3.67. The minimum absolute atomic E-state index is 0.0198. The molecule has 1 aliphatic rings. The zero-order valence-electron chi connectivity index (χ0n) is 13.0. The van der Waals surface area contributed by atoms with Gasteiger partial charge in [-0.3, -0.25) is 9.78 Å². The molecule has 4 nitrogen and oxygen atoms in total. The largest absolute Gasteiger partial charge is 0.381 e. The molecule has 1 N–H and O–H groups in total. The lowest BCUT2D eigenvalue weighted by molar-refractivity contribution is -0.125. The second-order valence-electron chi connectivity index (χ2n) is 5.84. The summed E-state index contributed by atoms with van der Waals surface area (Å²) in [6, 6.07) is 11.2. The maximum absolute atomic E-state index is 13.1. The number of pyridine rings is 1. The summed E-state index contributed by atoms with van der Waals surface area (Å²) in [4.78, 5) is 17.2. The standard InChI is InChI=1S/C18H19ClN2O2/c1-13-11-16(5-8-20-13)21-17(22)18(6-9-23-10-7-18)14-3-2-4-15(19)12-14/h2-5,8,11-12H,6-7,9-10H2,1H3,(H,20,21,22). The highest BCUT2D eigenvalue weighted by atomic mass is 35.5. The highest BCUT2D eigenvalue weighted by molar-refractivity contribution is 6.30. The molecule has 1 aromatic heterocycles. The molecule has 1 aromatic carbocycles. The van der Waals surface area contributed by atoms with Crippen LogP contribution in [0.5, 0.6) is 0 Å². The maximum Gasteiger partial charge on any atom is 0.235 e. The van der Waals surface area contributed by atoms with Gasteiger partial charge >= 0.3 is 0 Å². The van der Waals surface area contributed by atoms with E-state index in [2.05, 4.69) is 10.3 Å². The first-order valence-corrected chi connectivity index (χ1v) is 8.06. The van der Waals surface area contributed by atoms with Gasteiger partial charge in [0.15, 0.2) is 0 Å². The lowest BCUT2D eigenvalue weighted by Crippen LogP contribution is -2.44. The first-order chi connectivity index (χ1) is 11.1. The van der Waals surface area contributed by atoms with Crippen LogP contribution >= 0.6 is 11.6 Å². The number of ether oxygens (including phenoxy) is 1. The van der Waals surface area contributed by atoms with Gasteiger partial charge in [-0.25, -0.2) is 0 Å². The molecule has 1 fully saturated rings. The van der Waals surface area contributed by atoms with Crippen molar-refractivity contribution in [3.05, 3.63) is 58.9 Å². The third kappa shape index (κ3) is 3.38. The minimum Gasteiger partial charge on any atom is -0.381 e. The fourth-order valence-electron chi connectivity index (χ4n) is 3.03. The number of rotatable bonds is 3. The van der Waals surface area contributed by atoms with Crippen LogP contribution in [0.3, 0.4) is 0 Å². The second-order valence-corrected chi connectivity index (χ2v) is 6.28. The number of amides is 1. The van der Waals surface area contributed by atoms with Crippen molar-refractivity contribution in [1.82, 2.24) is 4.98 Å². The van der Waals surface area contributed by atoms with E-state index < -0.39 is 5.41 Å². The van der Waals surface area contributed by atoms with Crippen LogP contribution in [-0.4, -0.2) is 24.1 Å². The van der Waals surface area contributed by atoms with Crippen molar-refractivity contribution in [2.75, 3.05) is 18.5 Å². The Kier molecular flexibility index (Phi) is 4.64. The number of aromatic nitrogens is 1. The Morgan fingerprint density at radius 2 is 2.04 bits per heavy atom. The van der Waals surface area contributed by atoms with Gasteiger partial charge in [0.1, 0.15) is 0 Å². The molecule has 0 saturated carbocycles. The van der Waals surface area contributed by atoms with E-state index in [1.807, 2.05) is 37.3 Å². The smallest absolute Gasteiger partial charge is 0.235 e. The number of hydrogen-bond acceptors (Lipinski definition) is 3. The number of nitrogens with one attached hydrogen (secondary N) is 1. The molecule has 5 heteroatoms. The molecule has 0 radical (unpaired) electrons. The van der Waals surface area contributed by atoms with Crippen molar-refractivity contribution >= 4 is 23.2 Å². The third-order valence-corrected chi connectivity index (χ3v) is 4.55. The molecule has 1 aliphatic heterocycles. The van der Waals surface area contributed by atoms with E-state index in [-0.39, 0.29) is 5.91 Å². The van der Waals surface area contributed by atoms with Crippen molar-refractivity contribution < 1.29 is 9.53 Å². The Labute approximate surface area is 140 Å². The van der Waals surface area contributed by atoms with E-state index in [4.69, 9.17) is 16.3 Å². The monoisotopic (exact) mass is 330 g/mol. The van der Waals surface area contributed by atoms with E-state index in [1.165, 1.54) is 0 Å². The van der Waals surface area contributed by atoms with E-state index in [0.29, 0.717) is 31.1 Å². The number of anilines is 1.